The maximum absolute atomic E-state index is 12.6. The van der Waals surface area contributed by atoms with Gasteiger partial charge in [0, 0.05) is 18.4 Å². The zero-order valence-corrected chi connectivity index (χ0v) is 19.9. The van der Waals surface area contributed by atoms with Crippen LogP contribution < -0.4 is 0 Å². The van der Waals surface area contributed by atoms with Crippen molar-refractivity contribution in [3.05, 3.63) is 0 Å². The van der Waals surface area contributed by atoms with E-state index in [1.165, 1.54) is 44.9 Å². The summed E-state index contributed by atoms with van der Waals surface area (Å²) < 4.78 is 6.00. The van der Waals surface area contributed by atoms with Gasteiger partial charge in [0.25, 0.3) is 0 Å². The van der Waals surface area contributed by atoms with Crippen LogP contribution in [0.3, 0.4) is 0 Å². The van der Waals surface area contributed by atoms with Crippen molar-refractivity contribution in [1.29, 1.82) is 0 Å². The summed E-state index contributed by atoms with van der Waals surface area (Å²) in [5.41, 5.74) is 0.359. The largest absolute Gasteiger partial charge is 0.462 e. The third-order valence-corrected chi connectivity index (χ3v) is 10.7. The van der Waals surface area contributed by atoms with Gasteiger partial charge < -0.3 is 9.64 Å². The smallest absolute Gasteiger partial charge is 0.307 e. The molecular weight excluding hydrogens is 386 g/mol. The molecule has 4 nitrogen and oxygen atoms in total. The summed E-state index contributed by atoms with van der Waals surface area (Å²) >= 11 is 0. The molecule has 0 aromatic heterocycles. The van der Waals surface area contributed by atoms with Crippen LogP contribution in [0.4, 0.5) is 0 Å². The van der Waals surface area contributed by atoms with Crippen LogP contribution in [0.25, 0.3) is 0 Å². The van der Waals surface area contributed by atoms with E-state index in [-0.39, 0.29) is 17.5 Å². The Kier molecular flexibility index (Phi) is 5.99. The summed E-state index contributed by atoms with van der Waals surface area (Å²) in [5.74, 6) is 3.39. The number of ketones is 1. The first kappa shape index (κ1) is 21.9. The van der Waals surface area contributed by atoms with Crippen LogP contribution in [-0.4, -0.2) is 42.4 Å². The van der Waals surface area contributed by atoms with Gasteiger partial charge in [0.2, 0.25) is 0 Å². The minimum atomic E-state index is -0.0224. The molecule has 4 aliphatic carbocycles. The number of hydrogen-bond acceptors (Lipinski definition) is 4. The van der Waals surface area contributed by atoms with Gasteiger partial charge in [0.15, 0.2) is 0 Å². The van der Waals surface area contributed by atoms with Crippen molar-refractivity contribution in [3.63, 3.8) is 0 Å². The lowest BCUT2D eigenvalue weighted by molar-refractivity contribution is -0.162. The molecule has 0 spiro atoms. The molecule has 0 N–H and O–H groups in total. The molecule has 5 rings (SSSR count). The highest BCUT2D eigenvalue weighted by atomic mass is 16.5. The molecule has 4 saturated carbocycles. The number of esters is 1. The van der Waals surface area contributed by atoms with E-state index in [2.05, 4.69) is 18.7 Å². The van der Waals surface area contributed by atoms with Gasteiger partial charge in [-0.2, -0.15) is 0 Å². The van der Waals surface area contributed by atoms with E-state index in [1.54, 1.807) is 0 Å². The lowest BCUT2D eigenvalue weighted by Crippen LogP contribution is -2.54. The molecule has 31 heavy (non-hydrogen) atoms. The summed E-state index contributed by atoms with van der Waals surface area (Å²) in [7, 11) is 0. The van der Waals surface area contributed by atoms with Gasteiger partial charge in [-0.05, 0) is 106 Å². The lowest BCUT2D eigenvalue weighted by Gasteiger charge is -2.60. The van der Waals surface area contributed by atoms with Gasteiger partial charge in [0.1, 0.15) is 11.9 Å². The highest BCUT2D eigenvalue weighted by Crippen LogP contribution is 2.65. The quantitative estimate of drug-likeness (QED) is 0.563. The molecule has 0 radical (unpaired) electrons. The number of ether oxygens (including phenoxy) is 1. The van der Waals surface area contributed by atoms with Crippen LogP contribution in [0.2, 0.25) is 0 Å². The fourth-order valence-electron chi connectivity index (χ4n) is 8.77. The van der Waals surface area contributed by atoms with Gasteiger partial charge in [-0.15, -0.1) is 0 Å². The third kappa shape index (κ3) is 3.89. The van der Waals surface area contributed by atoms with E-state index in [4.69, 9.17) is 4.74 Å². The van der Waals surface area contributed by atoms with E-state index in [1.807, 2.05) is 0 Å². The number of nitrogens with zero attached hydrogens (tertiary/aromatic N) is 1. The Balaban J connectivity index is 1.17. The van der Waals surface area contributed by atoms with Crippen molar-refractivity contribution in [3.8, 4) is 0 Å². The Hall–Kier alpha value is -0.900. The van der Waals surface area contributed by atoms with Crippen molar-refractivity contribution in [1.82, 2.24) is 4.90 Å². The van der Waals surface area contributed by atoms with E-state index >= 15 is 0 Å². The first-order valence-corrected chi connectivity index (χ1v) is 13.4. The number of Topliss-reactive ketones (excluding diaryl/α,β-unsaturated/α-hetero) is 1. The molecule has 1 aliphatic heterocycles. The molecule has 0 bridgehead atoms. The second kappa shape index (κ2) is 8.47. The first-order valence-electron chi connectivity index (χ1n) is 13.4. The summed E-state index contributed by atoms with van der Waals surface area (Å²) in [4.78, 5) is 27.6. The van der Waals surface area contributed by atoms with Crippen molar-refractivity contribution in [2.75, 3.05) is 19.6 Å². The zero-order chi connectivity index (χ0) is 21.6. The Bertz CT molecular complexity index is 701. The maximum atomic E-state index is 12.6. The van der Waals surface area contributed by atoms with Crippen LogP contribution in [0.1, 0.15) is 97.3 Å². The summed E-state index contributed by atoms with van der Waals surface area (Å²) in [6.07, 6.45) is 14.7. The Labute approximate surface area is 188 Å². The predicted octanol–water partition coefficient (Wildman–Crippen LogP) is 5.39. The van der Waals surface area contributed by atoms with Gasteiger partial charge in [0.05, 0.1) is 6.42 Å². The van der Waals surface area contributed by atoms with Crippen LogP contribution in [-0.2, 0) is 14.3 Å². The number of hydrogen-bond donors (Lipinski definition) is 0. The third-order valence-electron chi connectivity index (χ3n) is 10.7. The molecule has 4 unspecified atom stereocenters. The number of likely N-dealkylation sites (tertiary alicyclic amines) is 1. The molecule has 174 valence electrons. The Morgan fingerprint density at radius 1 is 1.00 bits per heavy atom. The second-order valence-electron chi connectivity index (χ2n) is 12.1. The van der Waals surface area contributed by atoms with E-state index in [9.17, 15) is 9.59 Å². The molecule has 0 amide bonds. The fraction of sp³-hybridized carbons (Fsp3) is 0.926. The van der Waals surface area contributed by atoms with Crippen molar-refractivity contribution >= 4 is 11.8 Å². The zero-order valence-electron chi connectivity index (χ0n) is 19.9. The van der Waals surface area contributed by atoms with Crippen LogP contribution in [0, 0.1) is 34.5 Å². The van der Waals surface area contributed by atoms with Gasteiger partial charge in [-0.25, -0.2) is 0 Å². The molecule has 1 saturated heterocycles. The van der Waals surface area contributed by atoms with Gasteiger partial charge in [-0.1, -0.05) is 20.3 Å². The molecule has 5 aliphatic rings. The summed E-state index contributed by atoms with van der Waals surface area (Å²) in [5, 5.41) is 0. The number of piperidine rings is 1. The molecule has 0 aromatic rings. The van der Waals surface area contributed by atoms with Crippen LogP contribution in [0.15, 0.2) is 0 Å². The lowest BCUT2D eigenvalue weighted by atomic mass is 9.45. The average Bonchev–Trinajstić information content (AvgIpc) is 3.08. The van der Waals surface area contributed by atoms with E-state index < -0.39 is 0 Å². The maximum Gasteiger partial charge on any atom is 0.307 e. The molecule has 7 atom stereocenters. The average molecular weight is 430 g/mol. The molecular formula is C27H43NO3. The SMILES string of the molecule is C[C@]12CCC3C(CC[C@H]4CC(OC(=O)CCN5CCCCC5)CC[C@]34C)C1CCC2=O. The molecule has 0 aromatic carbocycles. The number of carbonyl (C=O) groups is 2. The molecule has 4 heteroatoms. The highest BCUT2D eigenvalue weighted by Gasteiger charge is 2.60. The number of rotatable bonds is 4. The Morgan fingerprint density at radius 3 is 2.61 bits per heavy atom. The normalized spacial score (nSPS) is 45.5. The molecule has 1 heterocycles. The van der Waals surface area contributed by atoms with Crippen LogP contribution in [0.5, 0.6) is 0 Å². The van der Waals surface area contributed by atoms with E-state index in [0.717, 1.165) is 63.6 Å². The topological polar surface area (TPSA) is 46.6 Å². The predicted molar refractivity (Wildman–Crippen MR) is 122 cm³/mol. The van der Waals surface area contributed by atoms with Gasteiger partial charge in [-0.3, -0.25) is 9.59 Å². The van der Waals surface area contributed by atoms with Crippen LogP contribution >= 0.6 is 0 Å². The Morgan fingerprint density at radius 2 is 1.81 bits per heavy atom. The van der Waals surface area contributed by atoms with Gasteiger partial charge >= 0.3 is 5.97 Å². The van der Waals surface area contributed by atoms with Crippen molar-refractivity contribution < 1.29 is 14.3 Å². The van der Waals surface area contributed by atoms with E-state index in [0.29, 0.717) is 29.5 Å². The minimum absolute atomic E-state index is 0.0192. The minimum Gasteiger partial charge on any atom is -0.462 e. The highest BCUT2D eigenvalue weighted by molar-refractivity contribution is 5.87. The molecule has 5 fully saturated rings. The second-order valence-corrected chi connectivity index (χ2v) is 12.1. The summed E-state index contributed by atoms with van der Waals surface area (Å²) in [6.45, 7) is 7.98. The number of carbonyl (C=O) groups excluding carboxylic acids is 2. The van der Waals surface area contributed by atoms with Crippen molar-refractivity contribution in [2.24, 2.45) is 34.5 Å². The fourth-order valence-corrected chi connectivity index (χ4v) is 8.77. The monoisotopic (exact) mass is 429 g/mol. The van der Waals surface area contributed by atoms with Crippen molar-refractivity contribution in [2.45, 2.75) is 103 Å². The first-order chi connectivity index (χ1) is 14.9. The number of fused-ring (bicyclic) bond motifs is 5. The summed E-state index contributed by atoms with van der Waals surface area (Å²) in [6, 6.07) is 0. The standard InChI is InChI=1S/C27H43NO3/c1-26-13-10-20(31-25(30)12-17-28-15-4-3-5-16-28)18-19(26)6-7-21-22-8-9-24(29)27(22,2)14-11-23(21)26/h19-23H,3-18H2,1-2H3/t19-,20?,21?,22?,23?,26-,27-/m0/s1.